The second-order valence-corrected chi connectivity index (χ2v) is 10.4. The summed E-state index contributed by atoms with van der Waals surface area (Å²) in [7, 11) is -2.84. The van der Waals surface area contributed by atoms with Gasteiger partial charge in [-0.3, -0.25) is 4.79 Å². The SMILES string of the molecule is O=C(NCC1CCS(=O)(=O)C1)C12CC3CC(CC(C3)C1)C2. The smallest absolute Gasteiger partial charge is 0.226 e. The van der Waals surface area contributed by atoms with Crippen LogP contribution >= 0.6 is 0 Å². The van der Waals surface area contributed by atoms with Crippen molar-refractivity contribution in [1.82, 2.24) is 5.32 Å². The van der Waals surface area contributed by atoms with Crippen LogP contribution in [0.15, 0.2) is 0 Å². The van der Waals surface area contributed by atoms with Gasteiger partial charge in [0.25, 0.3) is 0 Å². The molecule has 4 nitrogen and oxygen atoms in total. The molecule has 1 atom stereocenters. The predicted molar refractivity (Wildman–Crippen MR) is 80.4 cm³/mol. The molecule has 0 spiro atoms. The van der Waals surface area contributed by atoms with E-state index in [1.54, 1.807) is 0 Å². The van der Waals surface area contributed by atoms with Gasteiger partial charge in [0.05, 0.1) is 11.5 Å². The van der Waals surface area contributed by atoms with Crippen LogP contribution in [0.5, 0.6) is 0 Å². The van der Waals surface area contributed by atoms with Crippen LogP contribution in [0.25, 0.3) is 0 Å². The Kier molecular flexibility index (Phi) is 3.15. The predicted octanol–water partition coefficient (Wildman–Crippen LogP) is 1.75. The average molecular weight is 311 g/mol. The zero-order valence-corrected chi connectivity index (χ0v) is 13.3. The molecular weight excluding hydrogens is 286 g/mol. The molecule has 21 heavy (non-hydrogen) atoms. The van der Waals surface area contributed by atoms with Gasteiger partial charge < -0.3 is 5.32 Å². The molecule has 5 heteroatoms. The molecule has 0 aromatic heterocycles. The summed E-state index contributed by atoms with van der Waals surface area (Å²) in [6, 6.07) is 0. The number of hydrogen-bond donors (Lipinski definition) is 1. The topological polar surface area (TPSA) is 63.2 Å². The zero-order chi connectivity index (χ0) is 14.7. The highest BCUT2D eigenvalue weighted by molar-refractivity contribution is 7.91. The molecule has 0 aromatic rings. The highest BCUT2D eigenvalue weighted by Crippen LogP contribution is 2.60. The Bertz CT molecular complexity index is 519. The molecule has 5 fully saturated rings. The average Bonchev–Trinajstić information content (AvgIpc) is 2.74. The highest BCUT2D eigenvalue weighted by atomic mass is 32.2. The molecule has 118 valence electrons. The second kappa shape index (κ2) is 4.71. The second-order valence-electron chi connectivity index (χ2n) is 8.18. The van der Waals surface area contributed by atoms with Crippen LogP contribution in [0.3, 0.4) is 0 Å². The molecule has 1 saturated heterocycles. The number of carbonyl (C=O) groups excluding carboxylic acids is 1. The molecule has 1 heterocycles. The summed E-state index contributed by atoms with van der Waals surface area (Å²) in [6.45, 7) is 0.555. The largest absolute Gasteiger partial charge is 0.355 e. The fraction of sp³-hybridized carbons (Fsp3) is 0.938. The summed E-state index contributed by atoms with van der Waals surface area (Å²) < 4.78 is 23.0. The molecule has 5 aliphatic rings. The Morgan fingerprint density at radius 3 is 2.10 bits per heavy atom. The molecule has 4 aliphatic carbocycles. The number of sulfone groups is 1. The molecule has 0 aromatic carbocycles. The normalized spacial score (nSPS) is 46.7. The fourth-order valence-corrected chi connectivity index (χ4v) is 7.71. The van der Waals surface area contributed by atoms with E-state index in [-0.39, 0.29) is 23.0 Å². The third-order valence-corrected chi connectivity index (χ3v) is 8.23. The third-order valence-electron chi connectivity index (χ3n) is 6.40. The summed E-state index contributed by atoms with van der Waals surface area (Å²) >= 11 is 0. The Morgan fingerprint density at radius 1 is 1.05 bits per heavy atom. The van der Waals surface area contributed by atoms with E-state index in [0.29, 0.717) is 18.7 Å². The monoisotopic (exact) mass is 311 g/mol. The molecule has 1 N–H and O–H groups in total. The maximum Gasteiger partial charge on any atom is 0.226 e. The Morgan fingerprint density at radius 2 is 1.62 bits per heavy atom. The van der Waals surface area contributed by atoms with Crippen molar-refractivity contribution in [3.8, 4) is 0 Å². The minimum Gasteiger partial charge on any atom is -0.355 e. The first kappa shape index (κ1) is 14.0. The van der Waals surface area contributed by atoms with Crippen molar-refractivity contribution in [3.05, 3.63) is 0 Å². The van der Waals surface area contributed by atoms with Crippen molar-refractivity contribution in [1.29, 1.82) is 0 Å². The van der Waals surface area contributed by atoms with Gasteiger partial charge in [0.15, 0.2) is 9.84 Å². The summed E-state index contributed by atoms with van der Waals surface area (Å²) in [5.74, 6) is 3.23. The first-order valence-electron chi connectivity index (χ1n) is 8.43. The summed E-state index contributed by atoms with van der Waals surface area (Å²) in [4.78, 5) is 12.8. The minimum atomic E-state index is -2.84. The van der Waals surface area contributed by atoms with E-state index >= 15 is 0 Å². The van der Waals surface area contributed by atoms with Crippen LogP contribution in [-0.2, 0) is 14.6 Å². The number of hydrogen-bond acceptors (Lipinski definition) is 3. The van der Waals surface area contributed by atoms with Gasteiger partial charge in [-0.25, -0.2) is 8.42 Å². The molecule has 1 amide bonds. The van der Waals surface area contributed by atoms with Gasteiger partial charge >= 0.3 is 0 Å². The number of amides is 1. The van der Waals surface area contributed by atoms with Crippen LogP contribution in [0.4, 0.5) is 0 Å². The van der Waals surface area contributed by atoms with Gasteiger partial charge in [0.1, 0.15) is 0 Å². The van der Waals surface area contributed by atoms with Crippen molar-refractivity contribution < 1.29 is 13.2 Å². The van der Waals surface area contributed by atoms with Gasteiger partial charge in [-0.1, -0.05) is 0 Å². The zero-order valence-electron chi connectivity index (χ0n) is 12.5. The molecule has 5 rings (SSSR count). The quantitative estimate of drug-likeness (QED) is 0.864. The maximum atomic E-state index is 12.8. The number of nitrogens with one attached hydrogen (secondary N) is 1. The van der Waals surface area contributed by atoms with Crippen molar-refractivity contribution in [3.63, 3.8) is 0 Å². The van der Waals surface area contributed by atoms with Crippen LogP contribution in [0, 0.1) is 29.1 Å². The van der Waals surface area contributed by atoms with E-state index in [2.05, 4.69) is 5.32 Å². The summed E-state index contributed by atoms with van der Waals surface area (Å²) in [5.41, 5.74) is -0.105. The van der Waals surface area contributed by atoms with E-state index in [1.807, 2.05) is 0 Å². The lowest BCUT2D eigenvalue weighted by Crippen LogP contribution is -2.54. The van der Waals surface area contributed by atoms with Gasteiger partial charge in [-0.15, -0.1) is 0 Å². The Balaban J connectivity index is 1.39. The van der Waals surface area contributed by atoms with E-state index in [0.717, 1.165) is 37.0 Å². The van der Waals surface area contributed by atoms with Crippen molar-refractivity contribution in [2.45, 2.75) is 44.9 Å². The van der Waals surface area contributed by atoms with E-state index < -0.39 is 9.84 Å². The number of rotatable bonds is 3. The Hall–Kier alpha value is -0.580. The van der Waals surface area contributed by atoms with Gasteiger partial charge in [0, 0.05) is 12.0 Å². The van der Waals surface area contributed by atoms with Crippen LogP contribution in [-0.4, -0.2) is 32.4 Å². The van der Waals surface area contributed by atoms with Gasteiger partial charge in [-0.05, 0) is 68.6 Å². The Labute approximate surface area is 127 Å². The molecule has 4 saturated carbocycles. The van der Waals surface area contributed by atoms with Crippen LogP contribution in [0.1, 0.15) is 44.9 Å². The lowest BCUT2D eigenvalue weighted by molar-refractivity contribution is -0.146. The minimum absolute atomic E-state index is 0.105. The molecule has 1 unspecified atom stereocenters. The first-order chi connectivity index (χ1) is 9.94. The van der Waals surface area contributed by atoms with Crippen molar-refractivity contribution in [2.24, 2.45) is 29.1 Å². The third kappa shape index (κ3) is 2.51. The van der Waals surface area contributed by atoms with Crippen molar-refractivity contribution in [2.75, 3.05) is 18.1 Å². The molecule has 0 radical (unpaired) electrons. The van der Waals surface area contributed by atoms with E-state index in [1.165, 1.54) is 19.3 Å². The van der Waals surface area contributed by atoms with Gasteiger partial charge in [-0.2, -0.15) is 0 Å². The van der Waals surface area contributed by atoms with Crippen molar-refractivity contribution >= 4 is 15.7 Å². The van der Waals surface area contributed by atoms with E-state index in [4.69, 9.17) is 0 Å². The van der Waals surface area contributed by atoms with Crippen LogP contribution < -0.4 is 5.32 Å². The fourth-order valence-electron chi connectivity index (χ4n) is 5.85. The standard InChI is InChI=1S/C16H25NO3S/c18-15(17-9-11-1-2-21(19,20)10-11)16-6-12-3-13(7-16)5-14(4-12)8-16/h11-14H,1-10H2,(H,17,18). The lowest BCUT2D eigenvalue weighted by atomic mass is 9.49. The number of carbonyl (C=O) groups is 1. The summed E-state index contributed by atoms with van der Waals surface area (Å²) in [5, 5.41) is 3.12. The molecule has 4 bridgehead atoms. The molecule has 1 aliphatic heterocycles. The first-order valence-corrected chi connectivity index (χ1v) is 10.2. The lowest BCUT2D eigenvalue weighted by Gasteiger charge is -2.55. The van der Waals surface area contributed by atoms with Crippen LogP contribution in [0.2, 0.25) is 0 Å². The maximum absolute atomic E-state index is 12.8. The molecular formula is C16H25NO3S. The summed E-state index contributed by atoms with van der Waals surface area (Å²) in [6.07, 6.45) is 7.97. The highest BCUT2D eigenvalue weighted by Gasteiger charge is 2.54. The van der Waals surface area contributed by atoms with E-state index in [9.17, 15) is 13.2 Å². The van der Waals surface area contributed by atoms with Gasteiger partial charge in [0.2, 0.25) is 5.91 Å².